The fourth-order valence-corrected chi connectivity index (χ4v) is 2.79. The van der Waals surface area contributed by atoms with Crippen molar-refractivity contribution in [2.45, 2.75) is 32.8 Å². The smallest absolute Gasteiger partial charge is 0.254 e. The third-order valence-corrected chi connectivity index (χ3v) is 4.13. The number of piperidine rings is 1. The van der Waals surface area contributed by atoms with Gasteiger partial charge in [0.25, 0.3) is 5.91 Å². The number of carbonyl (C=O) groups is 1. The number of hydrogen-bond donors (Lipinski definition) is 0. The fraction of sp³-hybridized carbons (Fsp3) is 0.600. The SMILES string of the molecule is CCc1cc(C(=O)N2CCC(C)C(OC)C2)cc(Cl)n1. The monoisotopic (exact) mass is 296 g/mol. The summed E-state index contributed by atoms with van der Waals surface area (Å²) in [7, 11) is 1.70. The van der Waals surface area contributed by atoms with Crippen molar-refractivity contribution in [2.24, 2.45) is 5.92 Å². The van der Waals surface area contributed by atoms with Crippen LogP contribution in [-0.4, -0.2) is 42.1 Å². The number of aryl methyl sites for hydroxylation is 1. The molecule has 1 fully saturated rings. The predicted molar refractivity (Wildman–Crippen MR) is 79.1 cm³/mol. The molecule has 0 bridgehead atoms. The molecule has 2 atom stereocenters. The molecule has 5 heteroatoms. The zero-order valence-corrected chi connectivity index (χ0v) is 13.0. The Kier molecular flexibility index (Phi) is 5.00. The quantitative estimate of drug-likeness (QED) is 0.806. The minimum atomic E-state index is 0.0120. The van der Waals surface area contributed by atoms with Gasteiger partial charge in [0.2, 0.25) is 0 Å². The molecule has 1 aliphatic heterocycles. The lowest BCUT2D eigenvalue weighted by molar-refractivity contribution is -0.00157. The zero-order valence-electron chi connectivity index (χ0n) is 12.2. The molecule has 1 amide bonds. The average Bonchev–Trinajstić information content (AvgIpc) is 2.46. The Bertz CT molecular complexity index is 493. The highest BCUT2D eigenvalue weighted by molar-refractivity contribution is 6.29. The maximum Gasteiger partial charge on any atom is 0.254 e. The number of amides is 1. The number of halogens is 1. The van der Waals surface area contributed by atoms with Gasteiger partial charge in [-0.2, -0.15) is 0 Å². The Morgan fingerprint density at radius 2 is 2.30 bits per heavy atom. The van der Waals surface area contributed by atoms with Crippen molar-refractivity contribution < 1.29 is 9.53 Å². The van der Waals surface area contributed by atoms with Gasteiger partial charge >= 0.3 is 0 Å². The summed E-state index contributed by atoms with van der Waals surface area (Å²) in [4.78, 5) is 18.6. The van der Waals surface area contributed by atoms with Gasteiger partial charge in [0.1, 0.15) is 5.15 Å². The molecule has 1 aliphatic rings. The van der Waals surface area contributed by atoms with E-state index in [4.69, 9.17) is 16.3 Å². The summed E-state index contributed by atoms with van der Waals surface area (Å²) in [6, 6.07) is 3.47. The van der Waals surface area contributed by atoms with Crippen LogP contribution in [0, 0.1) is 5.92 Å². The second-order valence-electron chi connectivity index (χ2n) is 5.31. The third-order valence-electron chi connectivity index (χ3n) is 3.94. The lowest BCUT2D eigenvalue weighted by Gasteiger charge is -2.36. The number of pyridine rings is 1. The van der Waals surface area contributed by atoms with Crippen LogP contribution < -0.4 is 0 Å². The van der Waals surface area contributed by atoms with Gasteiger partial charge < -0.3 is 9.64 Å². The van der Waals surface area contributed by atoms with Gasteiger partial charge in [-0.1, -0.05) is 25.4 Å². The Labute approximate surface area is 125 Å². The number of ether oxygens (including phenoxy) is 1. The van der Waals surface area contributed by atoms with Gasteiger partial charge in [-0.3, -0.25) is 4.79 Å². The molecule has 4 nitrogen and oxygen atoms in total. The summed E-state index contributed by atoms with van der Waals surface area (Å²) in [6.45, 7) is 5.56. The number of likely N-dealkylation sites (tertiary alicyclic amines) is 1. The van der Waals surface area contributed by atoms with Crippen molar-refractivity contribution >= 4 is 17.5 Å². The molecule has 0 saturated carbocycles. The van der Waals surface area contributed by atoms with E-state index in [-0.39, 0.29) is 12.0 Å². The van der Waals surface area contributed by atoms with Crippen LogP contribution in [-0.2, 0) is 11.2 Å². The summed E-state index contributed by atoms with van der Waals surface area (Å²) >= 11 is 5.98. The molecule has 0 spiro atoms. The Morgan fingerprint density at radius 3 is 2.95 bits per heavy atom. The standard InChI is InChI=1S/C15H21ClN2O2/c1-4-12-7-11(8-14(16)17-12)15(19)18-6-5-10(2)13(9-18)20-3/h7-8,10,13H,4-6,9H2,1-3H3. The third kappa shape index (κ3) is 3.30. The lowest BCUT2D eigenvalue weighted by atomic mass is 9.95. The van der Waals surface area contributed by atoms with E-state index in [9.17, 15) is 4.79 Å². The van der Waals surface area contributed by atoms with E-state index >= 15 is 0 Å². The molecule has 20 heavy (non-hydrogen) atoms. The van der Waals surface area contributed by atoms with Crippen LogP contribution in [0.3, 0.4) is 0 Å². The van der Waals surface area contributed by atoms with Crippen molar-refractivity contribution in [3.8, 4) is 0 Å². The molecule has 1 aromatic rings. The van der Waals surface area contributed by atoms with E-state index in [1.807, 2.05) is 17.9 Å². The van der Waals surface area contributed by atoms with Crippen LogP contribution in [0.1, 0.15) is 36.3 Å². The first kappa shape index (κ1) is 15.3. The predicted octanol–water partition coefficient (Wildman–Crippen LogP) is 2.79. The topological polar surface area (TPSA) is 42.4 Å². The van der Waals surface area contributed by atoms with Crippen LogP contribution in [0.15, 0.2) is 12.1 Å². The Morgan fingerprint density at radius 1 is 1.55 bits per heavy atom. The van der Waals surface area contributed by atoms with Crippen LogP contribution in [0.5, 0.6) is 0 Å². The van der Waals surface area contributed by atoms with Crippen LogP contribution in [0.4, 0.5) is 0 Å². The second kappa shape index (κ2) is 6.55. The van der Waals surface area contributed by atoms with Crippen LogP contribution in [0.25, 0.3) is 0 Å². The van der Waals surface area contributed by atoms with E-state index in [2.05, 4.69) is 11.9 Å². The van der Waals surface area contributed by atoms with Crippen molar-refractivity contribution in [3.63, 3.8) is 0 Å². The summed E-state index contributed by atoms with van der Waals surface area (Å²) in [5.74, 6) is 0.495. The van der Waals surface area contributed by atoms with E-state index in [0.717, 1.165) is 25.1 Å². The summed E-state index contributed by atoms with van der Waals surface area (Å²) in [5, 5.41) is 0.376. The lowest BCUT2D eigenvalue weighted by Crippen LogP contribution is -2.46. The number of methoxy groups -OCH3 is 1. The minimum Gasteiger partial charge on any atom is -0.379 e. The van der Waals surface area contributed by atoms with Crippen molar-refractivity contribution in [2.75, 3.05) is 20.2 Å². The van der Waals surface area contributed by atoms with Gasteiger partial charge in [0.15, 0.2) is 0 Å². The molecule has 2 rings (SSSR count). The highest BCUT2D eigenvalue weighted by Gasteiger charge is 2.29. The van der Waals surface area contributed by atoms with E-state index in [1.165, 1.54) is 0 Å². The fourth-order valence-electron chi connectivity index (χ4n) is 2.56. The van der Waals surface area contributed by atoms with Gasteiger partial charge in [-0.15, -0.1) is 0 Å². The highest BCUT2D eigenvalue weighted by Crippen LogP contribution is 2.22. The molecule has 1 aromatic heterocycles. The van der Waals surface area contributed by atoms with E-state index in [0.29, 0.717) is 23.2 Å². The molecular weight excluding hydrogens is 276 g/mol. The molecular formula is C15H21ClN2O2. The van der Waals surface area contributed by atoms with Gasteiger partial charge in [-0.25, -0.2) is 4.98 Å². The molecule has 2 heterocycles. The maximum atomic E-state index is 12.6. The number of aromatic nitrogens is 1. The Balaban J connectivity index is 2.17. The molecule has 0 aromatic carbocycles. The largest absolute Gasteiger partial charge is 0.379 e. The van der Waals surface area contributed by atoms with Crippen molar-refractivity contribution in [3.05, 3.63) is 28.5 Å². The van der Waals surface area contributed by atoms with Gasteiger partial charge in [0.05, 0.1) is 6.10 Å². The van der Waals surface area contributed by atoms with Gasteiger partial charge in [-0.05, 0) is 30.9 Å². The minimum absolute atomic E-state index is 0.0120. The maximum absolute atomic E-state index is 12.6. The molecule has 0 aliphatic carbocycles. The van der Waals surface area contributed by atoms with Crippen LogP contribution in [0.2, 0.25) is 5.15 Å². The average molecular weight is 297 g/mol. The first-order valence-corrected chi connectivity index (χ1v) is 7.41. The molecule has 2 unspecified atom stereocenters. The number of rotatable bonds is 3. The van der Waals surface area contributed by atoms with Crippen LogP contribution >= 0.6 is 11.6 Å². The molecule has 110 valence electrons. The zero-order chi connectivity index (χ0) is 14.7. The highest BCUT2D eigenvalue weighted by atomic mass is 35.5. The summed E-state index contributed by atoms with van der Waals surface area (Å²) in [6.07, 6.45) is 1.83. The molecule has 1 saturated heterocycles. The second-order valence-corrected chi connectivity index (χ2v) is 5.70. The number of nitrogens with zero attached hydrogens (tertiary/aromatic N) is 2. The number of carbonyl (C=O) groups excluding carboxylic acids is 1. The van der Waals surface area contributed by atoms with Crippen molar-refractivity contribution in [1.82, 2.24) is 9.88 Å². The van der Waals surface area contributed by atoms with Crippen molar-refractivity contribution in [1.29, 1.82) is 0 Å². The molecule has 0 radical (unpaired) electrons. The summed E-state index contributed by atoms with van der Waals surface area (Å²) in [5.41, 5.74) is 1.46. The first-order chi connectivity index (χ1) is 9.55. The normalized spacial score (nSPS) is 22.9. The Hall–Kier alpha value is -1.13. The van der Waals surface area contributed by atoms with E-state index < -0.39 is 0 Å². The first-order valence-electron chi connectivity index (χ1n) is 7.03. The number of hydrogen-bond acceptors (Lipinski definition) is 3. The summed E-state index contributed by atoms with van der Waals surface area (Å²) < 4.78 is 5.46. The van der Waals surface area contributed by atoms with E-state index in [1.54, 1.807) is 13.2 Å². The molecule has 0 N–H and O–H groups in total. The van der Waals surface area contributed by atoms with Gasteiger partial charge in [0, 0.05) is 31.5 Å².